The smallest absolute Gasteiger partial charge is 0.243 e. The predicted octanol–water partition coefficient (Wildman–Crippen LogP) is 0.264. The number of sulfone groups is 1. The Bertz CT molecular complexity index is 802. The molecule has 2 aliphatic rings. The van der Waals surface area contributed by atoms with Crippen molar-refractivity contribution in [2.24, 2.45) is 0 Å². The summed E-state index contributed by atoms with van der Waals surface area (Å²) in [6, 6.07) is 3.90. The lowest BCUT2D eigenvalue weighted by Gasteiger charge is -2.26. The fraction of sp³-hybridized carbons (Fsp3) is 0.538. The number of hydrogen-bond acceptors (Lipinski definition) is 6. The average Bonchev–Trinajstić information content (AvgIpc) is 3.02. The van der Waals surface area contributed by atoms with Gasteiger partial charge in [-0.15, -0.1) is 0 Å². The molecule has 22 heavy (non-hydrogen) atoms. The Morgan fingerprint density at radius 2 is 1.86 bits per heavy atom. The maximum Gasteiger partial charge on any atom is 0.243 e. The monoisotopic (exact) mass is 347 g/mol. The van der Waals surface area contributed by atoms with Crippen molar-refractivity contribution in [3.63, 3.8) is 0 Å². The molecule has 0 aliphatic carbocycles. The van der Waals surface area contributed by atoms with Crippen LogP contribution in [-0.2, 0) is 19.9 Å². The van der Waals surface area contributed by atoms with Crippen LogP contribution in [0, 0.1) is 0 Å². The number of ether oxygens (including phenoxy) is 2. The third-order valence-corrected chi connectivity index (χ3v) is 8.34. The lowest BCUT2D eigenvalue weighted by molar-refractivity contribution is 0.353. The number of sulfonamides is 1. The molecule has 7 nitrogen and oxygen atoms in total. The normalized spacial score (nSPS) is 27.0. The molecule has 0 aromatic heterocycles. The van der Waals surface area contributed by atoms with Crippen molar-refractivity contribution in [3.05, 3.63) is 18.2 Å². The van der Waals surface area contributed by atoms with Crippen LogP contribution in [0.1, 0.15) is 6.42 Å². The van der Waals surface area contributed by atoms with Crippen molar-refractivity contribution in [2.75, 3.05) is 26.5 Å². The first kappa shape index (κ1) is 15.6. The lowest BCUT2D eigenvalue weighted by atomic mass is 10.3. The van der Waals surface area contributed by atoms with Crippen LogP contribution in [0.15, 0.2) is 23.1 Å². The zero-order chi connectivity index (χ0) is 16.1. The molecule has 3 rings (SSSR count). The Morgan fingerprint density at radius 1 is 1.18 bits per heavy atom. The fourth-order valence-corrected chi connectivity index (χ4v) is 6.98. The van der Waals surface area contributed by atoms with E-state index in [0.717, 1.165) is 0 Å². The van der Waals surface area contributed by atoms with Crippen LogP contribution in [0.25, 0.3) is 0 Å². The minimum absolute atomic E-state index is 0.0314. The molecule has 2 bridgehead atoms. The van der Waals surface area contributed by atoms with Crippen molar-refractivity contribution in [1.82, 2.24) is 4.31 Å². The van der Waals surface area contributed by atoms with E-state index in [4.69, 9.17) is 9.47 Å². The number of hydrogen-bond donors (Lipinski definition) is 0. The van der Waals surface area contributed by atoms with Gasteiger partial charge in [0.1, 0.15) is 0 Å². The van der Waals surface area contributed by atoms with Crippen LogP contribution in [0.2, 0.25) is 0 Å². The van der Waals surface area contributed by atoms with E-state index in [2.05, 4.69) is 0 Å². The predicted molar refractivity (Wildman–Crippen MR) is 79.4 cm³/mol. The quantitative estimate of drug-likeness (QED) is 0.776. The van der Waals surface area contributed by atoms with E-state index >= 15 is 0 Å². The minimum Gasteiger partial charge on any atom is -0.493 e. The van der Waals surface area contributed by atoms with Crippen molar-refractivity contribution in [3.8, 4) is 11.5 Å². The highest BCUT2D eigenvalue weighted by molar-refractivity contribution is 7.93. The summed E-state index contributed by atoms with van der Waals surface area (Å²) in [4.78, 5) is 0.0788. The average molecular weight is 347 g/mol. The first-order chi connectivity index (χ1) is 10.3. The molecule has 0 N–H and O–H groups in total. The van der Waals surface area contributed by atoms with Crippen LogP contribution in [-0.4, -0.2) is 58.9 Å². The maximum atomic E-state index is 12.7. The van der Waals surface area contributed by atoms with Gasteiger partial charge in [-0.25, -0.2) is 16.8 Å². The summed E-state index contributed by atoms with van der Waals surface area (Å²) in [5, 5.41) is -0.576. The molecule has 2 heterocycles. The number of benzene rings is 1. The first-order valence-electron chi connectivity index (χ1n) is 6.75. The molecule has 0 spiro atoms. The summed E-state index contributed by atoms with van der Waals surface area (Å²) < 4.78 is 60.5. The van der Waals surface area contributed by atoms with Crippen molar-refractivity contribution < 1.29 is 26.3 Å². The van der Waals surface area contributed by atoms with Crippen molar-refractivity contribution in [2.45, 2.75) is 22.6 Å². The van der Waals surface area contributed by atoms with Gasteiger partial charge in [0.25, 0.3) is 0 Å². The third-order valence-electron chi connectivity index (χ3n) is 4.22. The Hall–Kier alpha value is -1.32. The summed E-state index contributed by atoms with van der Waals surface area (Å²) in [7, 11) is -3.98. The molecule has 9 heteroatoms. The molecular weight excluding hydrogens is 330 g/mol. The first-order valence-corrected chi connectivity index (χ1v) is 9.90. The Labute approximate surface area is 129 Å². The van der Waals surface area contributed by atoms with Gasteiger partial charge in [0.2, 0.25) is 10.0 Å². The van der Waals surface area contributed by atoms with Gasteiger partial charge < -0.3 is 9.47 Å². The van der Waals surface area contributed by atoms with E-state index in [1.54, 1.807) is 0 Å². The Balaban J connectivity index is 1.95. The molecule has 0 amide bonds. The van der Waals surface area contributed by atoms with Crippen LogP contribution in [0.4, 0.5) is 0 Å². The second kappa shape index (κ2) is 5.10. The zero-order valence-corrected chi connectivity index (χ0v) is 13.9. The number of methoxy groups -OCH3 is 2. The van der Waals surface area contributed by atoms with Crippen LogP contribution < -0.4 is 9.47 Å². The second-order valence-corrected chi connectivity index (χ2v) is 9.65. The van der Waals surface area contributed by atoms with Gasteiger partial charge >= 0.3 is 0 Å². The van der Waals surface area contributed by atoms with E-state index < -0.39 is 31.2 Å². The number of fused-ring (bicyclic) bond motifs is 2. The molecule has 1 aromatic carbocycles. The van der Waals surface area contributed by atoms with Gasteiger partial charge in [0.15, 0.2) is 21.3 Å². The van der Waals surface area contributed by atoms with Crippen LogP contribution in [0.5, 0.6) is 11.5 Å². The minimum atomic E-state index is -3.74. The molecule has 2 saturated heterocycles. The van der Waals surface area contributed by atoms with E-state index in [1.807, 2.05) is 0 Å². The Morgan fingerprint density at radius 3 is 2.36 bits per heavy atom. The third kappa shape index (κ3) is 2.27. The molecule has 2 unspecified atom stereocenters. The summed E-state index contributed by atoms with van der Waals surface area (Å²) in [5.41, 5.74) is 0. The highest BCUT2D eigenvalue weighted by Gasteiger charge is 2.52. The molecule has 122 valence electrons. The van der Waals surface area contributed by atoms with Gasteiger partial charge in [-0.05, 0) is 18.6 Å². The van der Waals surface area contributed by atoms with E-state index in [9.17, 15) is 16.8 Å². The molecule has 0 saturated carbocycles. The highest BCUT2D eigenvalue weighted by Crippen LogP contribution is 2.38. The Kier molecular flexibility index (Phi) is 3.61. The SMILES string of the molecule is COc1ccc(S(=O)(=O)N2CC3CC2CS3(=O)=O)cc1OC. The van der Waals surface area contributed by atoms with E-state index in [1.165, 1.54) is 36.7 Å². The zero-order valence-electron chi connectivity index (χ0n) is 12.2. The van der Waals surface area contributed by atoms with Crippen LogP contribution >= 0.6 is 0 Å². The molecule has 0 radical (unpaired) electrons. The van der Waals surface area contributed by atoms with Gasteiger partial charge in [0.05, 0.1) is 30.1 Å². The molecular formula is C13H17NO6S2. The van der Waals surface area contributed by atoms with Gasteiger partial charge in [-0.3, -0.25) is 0 Å². The summed E-state index contributed by atoms with van der Waals surface area (Å²) in [6.07, 6.45) is 0.384. The van der Waals surface area contributed by atoms with Crippen molar-refractivity contribution in [1.29, 1.82) is 0 Å². The van der Waals surface area contributed by atoms with Crippen molar-refractivity contribution >= 4 is 19.9 Å². The van der Waals surface area contributed by atoms with Gasteiger partial charge in [-0.1, -0.05) is 0 Å². The second-order valence-electron chi connectivity index (χ2n) is 5.43. The largest absolute Gasteiger partial charge is 0.493 e. The standard InChI is InChI=1S/C13H17NO6S2/c1-19-12-4-3-10(6-13(12)20-2)22(17,18)14-7-11-5-9(14)8-21(11,15)16/h3-4,6,9,11H,5,7-8H2,1-2H3. The van der Waals surface area contributed by atoms with Crippen LogP contribution in [0.3, 0.4) is 0 Å². The molecule has 1 aromatic rings. The van der Waals surface area contributed by atoms with Gasteiger partial charge in [-0.2, -0.15) is 4.31 Å². The number of rotatable bonds is 4. The van der Waals surface area contributed by atoms with E-state index in [-0.39, 0.29) is 17.2 Å². The summed E-state index contributed by atoms with van der Waals surface area (Å²) in [5.74, 6) is 0.664. The topological polar surface area (TPSA) is 90.0 Å². The number of nitrogens with zero attached hydrogens (tertiary/aromatic N) is 1. The summed E-state index contributed by atoms with van der Waals surface area (Å²) >= 11 is 0. The van der Waals surface area contributed by atoms with Gasteiger partial charge in [0, 0.05) is 18.7 Å². The highest BCUT2D eigenvalue weighted by atomic mass is 32.2. The lowest BCUT2D eigenvalue weighted by Crippen LogP contribution is -2.43. The molecule has 2 fully saturated rings. The summed E-state index contributed by atoms with van der Waals surface area (Å²) in [6.45, 7) is 0.0314. The maximum absolute atomic E-state index is 12.7. The fourth-order valence-electron chi connectivity index (χ4n) is 3.07. The molecule has 2 aliphatic heterocycles. The molecule has 2 atom stereocenters. The van der Waals surface area contributed by atoms with E-state index in [0.29, 0.717) is 17.9 Å².